The van der Waals surface area contributed by atoms with E-state index in [1.165, 1.54) is 11.8 Å². The minimum atomic E-state index is -0.560. The topological polar surface area (TPSA) is 102 Å². The van der Waals surface area contributed by atoms with E-state index in [2.05, 4.69) is 59.6 Å². The van der Waals surface area contributed by atoms with E-state index >= 15 is 0 Å². The number of nitrogens with zero attached hydrogens (tertiary/aromatic N) is 3. The highest BCUT2D eigenvalue weighted by Crippen LogP contribution is 2.27. The van der Waals surface area contributed by atoms with Gasteiger partial charge in [-0.25, -0.2) is 9.50 Å². The van der Waals surface area contributed by atoms with Crippen LogP contribution in [0.2, 0.25) is 0 Å². The third-order valence-corrected chi connectivity index (χ3v) is 7.10. The van der Waals surface area contributed by atoms with Gasteiger partial charge in [-0.05, 0) is 60.7 Å². The second-order valence-corrected chi connectivity index (χ2v) is 10.3. The Hall–Kier alpha value is -3.52. The summed E-state index contributed by atoms with van der Waals surface area (Å²) >= 11 is 1.63. The molecule has 0 bridgehead atoms. The van der Waals surface area contributed by atoms with Crippen LogP contribution in [0.1, 0.15) is 69.6 Å². The van der Waals surface area contributed by atoms with Gasteiger partial charge in [-0.1, -0.05) is 44.2 Å². The van der Waals surface area contributed by atoms with Crippen molar-refractivity contribution < 1.29 is 9.59 Å². The van der Waals surface area contributed by atoms with E-state index in [0.29, 0.717) is 30.0 Å². The molecule has 0 aliphatic rings. The number of carbonyl (C=O) groups is 2. The number of nitrogens with two attached hydrogens (primary N) is 1. The summed E-state index contributed by atoms with van der Waals surface area (Å²) in [4.78, 5) is 30.4. The summed E-state index contributed by atoms with van der Waals surface area (Å²) in [6.45, 7) is 8.22. The maximum Gasteiger partial charge on any atom is 0.254 e. The van der Waals surface area contributed by atoms with Crippen molar-refractivity contribution in [2.75, 3.05) is 0 Å². The fraction of sp³-hybridized carbons (Fsp3) is 0.333. The summed E-state index contributed by atoms with van der Waals surface area (Å²) in [6, 6.07) is 12.4. The number of benzene rings is 1. The van der Waals surface area contributed by atoms with Crippen LogP contribution in [0, 0.1) is 19.8 Å². The minimum absolute atomic E-state index is 0.0353. The van der Waals surface area contributed by atoms with Crippen LogP contribution in [0.5, 0.6) is 0 Å². The Morgan fingerprint density at radius 3 is 2.51 bits per heavy atom. The van der Waals surface area contributed by atoms with E-state index < -0.39 is 5.91 Å². The molecule has 7 nitrogen and oxygen atoms in total. The van der Waals surface area contributed by atoms with Crippen molar-refractivity contribution >= 4 is 28.8 Å². The van der Waals surface area contributed by atoms with E-state index in [-0.39, 0.29) is 11.9 Å². The number of fused-ring (bicyclic) bond motifs is 1. The lowest BCUT2D eigenvalue weighted by Gasteiger charge is -2.19. The first-order chi connectivity index (χ1) is 16.7. The molecule has 1 aromatic carbocycles. The molecule has 3 heterocycles. The fourth-order valence-corrected chi connectivity index (χ4v) is 5.21. The quantitative estimate of drug-likeness (QED) is 0.360. The van der Waals surface area contributed by atoms with Crippen LogP contribution < -0.4 is 11.1 Å². The van der Waals surface area contributed by atoms with Gasteiger partial charge < -0.3 is 11.1 Å². The van der Waals surface area contributed by atoms with Crippen molar-refractivity contribution in [3.05, 3.63) is 86.5 Å². The molecule has 182 valence electrons. The SMILES string of the molecule is Cc1nc2c(C(N)=O)cnn2c(C)c1CCC(=O)NC(c1ccc(CC(C)C)cc1)c1cccs1. The van der Waals surface area contributed by atoms with Crippen LogP contribution in [-0.4, -0.2) is 26.4 Å². The molecule has 2 amide bonds. The molecule has 4 rings (SSSR count). The van der Waals surface area contributed by atoms with E-state index in [1.807, 2.05) is 25.3 Å². The first-order valence-corrected chi connectivity index (χ1v) is 12.7. The van der Waals surface area contributed by atoms with E-state index in [9.17, 15) is 9.59 Å². The van der Waals surface area contributed by atoms with Crippen LogP contribution in [0.3, 0.4) is 0 Å². The third kappa shape index (κ3) is 5.43. The molecule has 0 saturated carbocycles. The van der Waals surface area contributed by atoms with Gasteiger partial charge in [-0.3, -0.25) is 9.59 Å². The van der Waals surface area contributed by atoms with Crippen molar-refractivity contribution in [2.24, 2.45) is 11.7 Å². The summed E-state index contributed by atoms with van der Waals surface area (Å²) in [6.07, 6.45) is 3.30. The Morgan fingerprint density at radius 1 is 1.14 bits per heavy atom. The molecule has 1 atom stereocenters. The number of rotatable bonds is 9. The molecule has 0 spiro atoms. The van der Waals surface area contributed by atoms with Gasteiger partial charge in [0.25, 0.3) is 5.91 Å². The zero-order valence-electron chi connectivity index (χ0n) is 20.5. The highest BCUT2D eigenvalue weighted by atomic mass is 32.1. The van der Waals surface area contributed by atoms with Crippen molar-refractivity contribution in [3.8, 4) is 0 Å². The van der Waals surface area contributed by atoms with Gasteiger partial charge in [0, 0.05) is 22.7 Å². The molecule has 35 heavy (non-hydrogen) atoms. The summed E-state index contributed by atoms with van der Waals surface area (Å²) < 4.78 is 1.62. The highest BCUT2D eigenvalue weighted by molar-refractivity contribution is 7.10. The largest absolute Gasteiger partial charge is 0.365 e. The number of amides is 2. The molecule has 0 aliphatic heterocycles. The second-order valence-electron chi connectivity index (χ2n) is 9.27. The first kappa shape index (κ1) is 24.6. The van der Waals surface area contributed by atoms with Crippen molar-refractivity contribution in [3.63, 3.8) is 0 Å². The molecule has 0 radical (unpaired) electrons. The zero-order chi connectivity index (χ0) is 25.1. The van der Waals surface area contributed by atoms with Crippen molar-refractivity contribution in [1.29, 1.82) is 0 Å². The summed E-state index contributed by atoms with van der Waals surface area (Å²) in [5, 5.41) is 9.53. The summed E-state index contributed by atoms with van der Waals surface area (Å²) in [5.41, 5.74) is 11.1. The van der Waals surface area contributed by atoms with Crippen LogP contribution in [0.4, 0.5) is 0 Å². The second kappa shape index (κ2) is 10.4. The smallest absolute Gasteiger partial charge is 0.254 e. The molecule has 4 aromatic rings. The monoisotopic (exact) mass is 489 g/mol. The number of nitrogens with one attached hydrogen (secondary N) is 1. The van der Waals surface area contributed by atoms with Gasteiger partial charge in [0.1, 0.15) is 5.56 Å². The van der Waals surface area contributed by atoms with E-state index in [0.717, 1.165) is 33.8 Å². The molecule has 3 aromatic heterocycles. The predicted molar refractivity (Wildman–Crippen MR) is 139 cm³/mol. The van der Waals surface area contributed by atoms with Crippen LogP contribution >= 0.6 is 11.3 Å². The number of primary amides is 1. The normalized spacial score (nSPS) is 12.3. The Morgan fingerprint density at radius 2 is 1.89 bits per heavy atom. The molecule has 1 unspecified atom stereocenters. The maximum atomic E-state index is 13.1. The summed E-state index contributed by atoms with van der Waals surface area (Å²) in [5.74, 6) is 0.000484. The van der Waals surface area contributed by atoms with Gasteiger partial charge >= 0.3 is 0 Å². The van der Waals surface area contributed by atoms with Crippen molar-refractivity contribution in [2.45, 2.75) is 53.0 Å². The lowest BCUT2D eigenvalue weighted by molar-refractivity contribution is -0.121. The number of aromatic nitrogens is 3. The van der Waals surface area contributed by atoms with E-state index in [4.69, 9.17) is 5.73 Å². The molecule has 8 heteroatoms. The molecule has 3 N–H and O–H groups in total. The molecule has 0 aliphatic carbocycles. The number of thiophene rings is 1. The number of hydrogen-bond acceptors (Lipinski definition) is 5. The standard InChI is InChI=1S/C27H31N5O2S/c1-16(2)14-19-7-9-20(10-8-19)25(23-6-5-13-35-23)31-24(33)12-11-21-17(3)30-27-22(26(28)34)15-29-32(27)18(21)4/h5-10,13,15-16,25H,11-12,14H2,1-4H3,(H2,28,34)(H,31,33). The first-order valence-electron chi connectivity index (χ1n) is 11.8. The van der Waals surface area contributed by atoms with Gasteiger partial charge in [0.2, 0.25) is 5.91 Å². The number of aryl methyl sites for hydroxylation is 2. The van der Waals surface area contributed by atoms with Gasteiger partial charge in [0.05, 0.1) is 12.2 Å². The molecule has 0 fully saturated rings. The Kier molecular flexibility index (Phi) is 7.31. The average Bonchev–Trinajstić information content (AvgIpc) is 3.48. The Bertz CT molecular complexity index is 1340. The van der Waals surface area contributed by atoms with E-state index in [1.54, 1.807) is 15.9 Å². The zero-order valence-corrected chi connectivity index (χ0v) is 21.4. The maximum absolute atomic E-state index is 13.1. The predicted octanol–water partition coefficient (Wildman–Crippen LogP) is 4.54. The van der Waals surface area contributed by atoms with Crippen LogP contribution in [0.15, 0.2) is 48.0 Å². The van der Waals surface area contributed by atoms with Crippen LogP contribution in [0.25, 0.3) is 5.65 Å². The van der Waals surface area contributed by atoms with Gasteiger partial charge in [-0.2, -0.15) is 5.10 Å². The molecular weight excluding hydrogens is 458 g/mol. The highest BCUT2D eigenvalue weighted by Gasteiger charge is 2.20. The average molecular weight is 490 g/mol. The Labute approximate surface area is 209 Å². The lowest BCUT2D eigenvalue weighted by Crippen LogP contribution is -2.29. The minimum Gasteiger partial charge on any atom is -0.365 e. The summed E-state index contributed by atoms with van der Waals surface area (Å²) in [7, 11) is 0. The molecule has 0 saturated heterocycles. The Balaban J connectivity index is 1.51. The van der Waals surface area contributed by atoms with Gasteiger partial charge in [-0.15, -0.1) is 11.3 Å². The van der Waals surface area contributed by atoms with Crippen LogP contribution in [-0.2, 0) is 17.6 Å². The van der Waals surface area contributed by atoms with Gasteiger partial charge in [0.15, 0.2) is 5.65 Å². The third-order valence-electron chi connectivity index (χ3n) is 6.17. The number of hydrogen-bond donors (Lipinski definition) is 2. The fourth-order valence-electron chi connectivity index (χ4n) is 4.41. The molecular formula is C27H31N5O2S. The number of carbonyl (C=O) groups excluding carboxylic acids is 2. The lowest BCUT2D eigenvalue weighted by atomic mass is 9.98. The van der Waals surface area contributed by atoms with Crippen molar-refractivity contribution in [1.82, 2.24) is 19.9 Å².